The van der Waals surface area contributed by atoms with Gasteiger partial charge >= 0.3 is 11.9 Å². The van der Waals surface area contributed by atoms with E-state index in [1.807, 2.05) is 0 Å². The van der Waals surface area contributed by atoms with Crippen molar-refractivity contribution in [3.63, 3.8) is 0 Å². The number of esters is 2. The summed E-state index contributed by atoms with van der Waals surface area (Å²) >= 11 is 1.72. The fourth-order valence-electron chi connectivity index (χ4n) is 8.02. The Morgan fingerprint density at radius 3 is 0.982 bits per heavy atom. The minimum absolute atomic E-state index is 0.0162. The Kier molecular flexibility index (Phi) is 49.0. The molecule has 0 aliphatic carbocycles. The number of hydrogen-bond acceptors (Lipinski definition) is 5. The maximum absolute atomic E-state index is 13.1. The van der Waals surface area contributed by atoms with E-state index >= 15 is 0 Å². The van der Waals surface area contributed by atoms with Crippen LogP contribution in [0.4, 0.5) is 0 Å². The number of carbonyl (C=O) groups is 2. The van der Waals surface area contributed by atoms with Gasteiger partial charge in [0, 0.05) is 11.5 Å². The molecular formula is C52H102O4S. The Balaban J connectivity index is 3.98. The topological polar surface area (TPSA) is 52.6 Å². The molecule has 0 saturated carbocycles. The molecule has 4 nitrogen and oxygen atoms in total. The highest BCUT2D eigenvalue weighted by atomic mass is 32.2. The van der Waals surface area contributed by atoms with Crippen LogP contribution in [0, 0.1) is 5.92 Å². The van der Waals surface area contributed by atoms with Crippen molar-refractivity contribution in [1.29, 1.82) is 0 Å². The molecule has 0 aromatic heterocycles. The largest absolute Gasteiger partial charge is 0.466 e. The highest BCUT2D eigenvalue weighted by Gasteiger charge is 2.20. The lowest BCUT2D eigenvalue weighted by atomic mass is 10.0. The van der Waals surface area contributed by atoms with Gasteiger partial charge in [-0.3, -0.25) is 9.59 Å². The van der Waals surface area contributed by atoms with Gasteiger partial charge in [0.2, 0.25) is 0 Å². The van der Waals surface area contributed by atoms with Crippen molar-refractivity contribution < 1.29 is 19.1 Å². The molecule has 57 heavy (non-hydrogen) atoms. The van der Waals surface area contributed by atoms with Crippen LogP contribution >= 0.6 is 11.8 Å². The minimum Gasteiger partial charge on any atom is -0.466 e. The van der Waals surface area contributed by atoms with Crippen molar-refractivity contribution in [2.45, 2.75) is 290 Å². The van der Waals surface area contributed by atoms with Crippen LogP contribution in [0.1, 0.15) is 290 Å². The van der Waals surface area contributed by atoms with Gasteiger partial charge in [0.05, 0.1) is 25.6 Å². The van der Waals surface area contributed by atoms with E-state index in [0.717, 1.165) is 50.0 Å². The summed E-state index contributed by atoms with van der Waals surface area (Å²) in [5.41, 5.74) is 0. The molecule has 0 amide bonds. The number of unbranched alkanes of at least 4 members (excludes halogenated alkanes) is 37. The quantitative estimate of drug-likeness (QED) is 0.0452. The molecule has 0 N–H and O–H groups in total. The second kappa shape index (κ2) is 49.7. The predicted octanol–water partition coefficient (Wildman–Crippen LogP) is 17.9. The number of rotatable bonds is 49. The minimum atomic E-state index is -0.0887. The number of ether oxygens (including phenoxy) is 2. The Hall–Kier alpha value is -0.710. The summed E-state index contributed by atoms with van der Waals surface area (Å²) in [5.74, 6) is 1.31. The average Bonchev–Trinajstić information content (AvgIpc) is 3.21. The van der Waals surface area contributed by atoms with Crippen LogP contribution in [0.2, 0.25) is 0 Å². The second-order valence-corrected chi connectivity index (χ2v) is 18.9. The van der Waals surface area contributed by atoms with Gasteiger partial charge < -0.3 is 9.47 Å². The molecule has 0 aliphatic rings. The van der Waals surface area contributed by atoms with Gasteiger partial charge in [0.25, 0.3) is 0 Å². The third-order valence-electron chi connectivity index (χ3n) is 12.0. The van der Waals surface area contributed by atoms with Crippen LogP contribution in [0.25, 0.3) is 0 Å². The summed E-state index contributed by atoms with van der Waals surface area (Å²) < 4.78 is 11.4. The Morgan fingerprint density at radius 1 is 0.368 bits per heavy atom. The first-order valence-electron chi connectivity index (χ1n) is 26.1. The monoisotopic (exact) mass is 823 g/mol. The molecule has 5 heteroatoms. The average molecular weight is 823 g/mol. The van der Waals surface area contributed by atoms with Crippen molar-refractivity contribution in [1.82, 2.24) is 0 Å². The zero-order valence-electron chi connectivity index (χ0n) is 39.1. The van der Waals surface area contributed by atoms with Crippen molar-refractivity contribution in [3.05, 3.63) is 0 Å². The van der Waals surface area contributed by atoms with E-state index in [2.05, 4.69) is 20.8 Å². The van der Waals surface area contributed by atoms with Crippen molar-refractivity contribution >= 4 is 23.7 Å². The lowest BCUT2D eigenvalue weighted by molar-refractivity contribution is -0.148. The predicted molar refractivity (Wildman–Crippen MR) is 254 cm³/mol. The van der Waals surface area contributed by atoms with Crippen LogP contribution in [0.5, 0.6) is 0 Å². The summed E-state index contributed by atoms with van der Waals surface area (Å²) in [6.45, 7) is 7.95. The number of thioether (sulfide) groups is 1. The fraction of sp³-hybridized carbons (Fsp3) is 0.962. The SMILES string of the molecule is CCCCCCCCCCCCCCCCCCOC(=O)CCSCC(CCCCCCCCCC)C(=O)OCCCCCCCCCCCCCCCCCC. The van der Waals surface area contributed by atoms with E-state index in [0.29, 0.717) is 19.6 Å². The zero-order valence-corrected chi connectivity index (χ0v) is 40.0. The van der Waals surface area contributed by atoms with Gasteiger partial charge in [-0.2, -0.15) is 11.8 Å². The van der Waals surface area contributed by atoms with Crippen molar-refractivity contribution in [3.8, 4) is 0 Å². The van der Waals surface area contributed by atoms with Gasteiger partial charge in [0.1, 0.15) is 0 Å². The molecule has 0 bridgehead atoms. The lowest BCUT2D eigenvalue weighted by Crippen LogP contribution is -2.21. The highest BCUT2D eigenvalue weighted by molar-refractivity contribution is 7.99. The maximum atomic E-state index is 13.1. The van der Waals surface area contributed by atoms with Gasteiger partial charge in [-0.25, -0.2) is 0 Å². The first-order valence-corrected chi connectivity index (χ1v) is 27.2. The van der Waals surface area contributed by atoms with Crippen molar-refractivity contribution in [2.75, 3.05) is 24.7 Å². The molecule has 1 atom stereocenters. The van der Waals surface area contributed by atoms with Gasteiger partial charge in [-0.15, -0.1) is 0 Å². The zero-order chi connectivity index (χ0) is 41.4. The van der Waals surface area contributed by atoms with Gasteiger partial charge in [-0.1, -0.05) is 265 Å². The van der Waals surface area contributed by atoms with Gasteiger partial charge in [0.15, 0.2) is 0 Å². The Bertz CT molecular complexity index is 788. The molecular weight excluding hydrogens is 721 g/mol. The van der Waals surface area contributed by atoms with E-state index in [-0.39, 0.29) is 17.9 Å². The normalized spacial score (nSPS) is 12.0. The van der Waals surface area contributed by atoms with E-state index < -0.39 is 0 Å². The summed E-state index contributed by atoms with van der Waals surface area (Å²) in [4.78, 5) is 25.5. The summed E-state index contributed by atoms with van der Waals surface area (Å²) in [5, 5.41) is 0. The number of carbonyl (C=O) groups excluding carboxylic acids is 2. The lowest BCUT2D eigenvalue weighted by Gasteiger charge is -2.16. The molecule has 0 aromatic rings. The van der Waals surface area contributed by atoms with Crippen LogP contribution in [0.3, 0.4) is 0 Å². The standard InChI is InChI=1S/C52H102O4S/c1-4-7-10-13-16-19-21-23-25-27-29-31-33-36-39-42-46-55-51(53)45-48-57-49-50(44-41-38-35-18-15-12-9-6-3)52(54)56-47-43-40-37-34-32-30-28-26-24-22-20-17-14-11-8-5-2/h50H,4-49H2,1-3H3. The van der Waals surface area contributed by atoms with Gasteiger partial charge in [-0.05, 0) is 19.3 Å². The molecule has 1 unspecified atom stereocenters. The van der Waals surface area contributed by atoms with E-state index in [9.17, 15) is 9.59 Å². The molecule has 0 radical (unpaired) electrons. The van der Waals surface area contributed by atoms with E-state index in [1.54, 1.807) is 11.8 Å². The molecule has 0 saturated heterocycles. The molecule has 0 fully saturated rings. The molecule has 0 spiro atoms. The first kappa shape index (κ1) is 56.3. The van der Waals surface area contributed by atoms with E-state index in [4.69, 9.17) is 9.47 Å². The van der Waals surface area contributed by atoms with Crippen molar-refractivity contribution in [2.24, 2.45) is 5.92 Å². The second-order valence-electron chi connectivity index (χ2n) is 17.8. The first-order chi connectivity index (χ1) is 28.2. The Morgan fingerprint density at radius 2 is 0.649 bits per heavy atom. The molecule has 0 heterocycles. The summed E-state index contributed by atoms with van der Waals surface area (Å²) in [6, 6.07) is 0. The van der Waals surface area contributed by atoms with E-state index in [1.165, 1.54) is 225 Å². The molecule has 0 aliphatic heterocycles. The summed E-state index contributed by atoms with van der Waals surface area (Å²) in [7, 11) is 0. The maximum Gasteiger partial charge on any atom is 0.309 e. The molecule has 340 valence electrons. The smallest absolute Gasteiger partial charge is 0.309 e. The third kappa shape index (κ3) is 46.2. The van der Waals surface area contributed by atoms with Crippen LogP contribution < -0.4 is 0 Å². The van der Waals surface area contributed by atoms with Crippen LogP contribution in [0.15, 0.2) is 0 Å². The molecule has 0 aromatic carbocycles. The number of hydrogen-bond donors (Lipinski definition) is 0. The van der Waals surface area contributed by atoms with Crippen LogP contribution in [-0.2, 0) is 19.1 Å². The highest BCUT2D eigenvalue weighted by Crippen LogP contribution is 2.21. The summed E-state index contributed by atoms with van der Waals surface area (Å²) in [6.07, 6.45) is 54.6. The van der Waals surface area contributed by atoms with Crippen LogP contribution in [-0.4, -0.2) is 36.7 Å². The third-order valence-corrected chi connectivity index (χ3v) is 13.1. The molecule has 0 rings (SSSR count). The Labute approximate surface area is 362 Å². The fourth-order valence-corrected chi connectivity index (χ4v) is 9.09.